The van der Waals surface area contributed by atoms with Gasteiger partial charge in [-0.2, -0.15) is 0 Å². The summed E-state index contributed by atoms with van der Waals surface area (Å²) >= 11 is 0. The fourth-order valence-corrected chi connectivity index (χ4v) is 2.17. The lowest BCUT2D eigenvalue weighted by molar-refractivity contribution is 0.352. The molecule has 0 unspecified atom stereocenters. The lowest BCUT2D eigenvalue weighted by Crippen LogP contribution is -2.17. The van der Waals surface area contributed by atoms with E-state index in [9.17, 15) is 0 Å². The second kappa shape index (κ2) is 4.11. The van der Waals surface area contributed by atoms with E-state index in [0.717, 1.165) is 30.8 Å². The second-order valence-corrected chi connectivity index (χ2v) is 3.90. The third kappa shape index (κ3) is 1.79. The van der Waals surface area contributed by atoms with Crippen LogP contribution >= 0.6 is 0 Å². The van der Waals surface area contributed by atoms with Gasteiger partial charge in [-0.15, -0.1) is 0 Å². The topological polar surface area (TPSA) is 44.5 Å². The molecule has 0 fully saturated rings. The van der Waals surface area contributed by atoms with E-state index in [0.29, 0.717) is 0 Å². The van der Waals surface area contributed by atoms with Crippen LogP contribution in [-0.2, 0) is 6.42 Å². The number of nitrogens with two attached hydrogens (primary N) is 1. The highest BCUT2D eigenvalue weighted by atomic mass is 16.5. The summed E-state index contributed by atoms with van der Waals surface area (Å²) in [4.78, 5) is 0. The molecular formula is C12H17NO2. The minimum Gasteiger partial charge on any atom is -0.493 e. The van der Waals surface area contributed by atoms with Crippen LogP contribution in [0.2, 0.25) is 0 Å². The summed E-state index contributed by atoms with van der Waals surface area (Å²) in [5.74, 6) is 1.57. The van der Waals surface area contributed by atoms with Gasteiger partial charge in [-0.3, -0.25) is 0 Å². The summed E-state index contributed by atoms with van der Waals surface area (Å²) in [6, 6.07) is 4.21. The predicted molar refractivity (Wildman–Crippen MR) is 59.4 cm³/mol. The standard InChI is InChI=1S/C12H17NO2/c1-14-11-6-8-4-3-5-10(13)9(8)7-12(11)15-2/h6-7,10H,3-5,13H2,1-2H3/t10-/m0/s1. The van der Waals surface area contributed by atoms with E-state index >= 15 is 0 Å². The largest absolute Gasteiger partial charge is 0.493 e. The molecule has 0 heterocycles. The first-order valence-corrected chi connectivity index (χ1v) is 5.26. The summed E-state index contributed by atoms with van der Waals surface area (Å²) in [5.41, 5.74) is 8.57. The molecule has 1 aromatic rings. The Balaban J connectivity index is 2.48. The Labute approximate surface area is 90.2 Å². The Morgan fingerprint density at radius 2 is 1.87 bits per heavy atom. The summed E-state index contributed by atoms with van der Waals surface area (Å²) in [5, 5.41) is 0. The quantitative estimate of drug-likeness (QED) is 0.807. The van der Waals surface area contributed by atoms with Crippen LogP contribution in [0.25, 0.3) is 0 Å². The van der Waals surface area contributed by atoms with Crippen molar-refractivity contribution in [1.29, 1.82) is 0 Å². The van der Waals surface area contributed by atoms with Crippen molar-refractivity contribution in [2.45, 2.75) is 25.3 Å². The van der Waals surface area contributed by atoms with Crippen LogP contribution in [0.5, 0.6) is 11.5 Å². The normalized spacial score (nSPS) is 19.5. The molecule has 0 saturated heterocycles. The van der Waals surface area contributed by atoms with E-state index in [1.807, 2.05) is 12.1 Å². The average molecular weight is 207 g/mol. The van der Waals surface area contributed by atoms with Gasteiger partial charge in [0, 0.05) is 6.04 Å². The Bertz CT molecular complexity index is 363. The van der Waals surface area contributed by atoms with E-state index < -0.39 is 0 Å². The van der Waals surface area contributed by atoms with Crippen LogP contribution < -0.4 is 15.2 Å². The predicted octanol–water partition coefficient (Wildman–Crippen LogP) is 2.04. The van der Waals surface area contributed by atoms with Crippen LogP contribution in [0, 0.1) is 0 Å². The molecule has 2 N–H and O–H groups in total. The molecule has 3 heteroatoms. The van der Waals surface area contributed by atoms with Gasteiger partial charge in [0.05, 0.1) is 14.2 Å². The van der Waals surface area contributed by atoms with Crippen molar-refractivity contribution in [2.75, 3.05) is 14.2 Å². The molecule has 0 aliphatic heterocycles. The maximum absolute atomic E-state index is 6.07. The van der Waals surface area contributed by atoms with Crippen molar-refractivity contribution in [3.05, 3.63) is 23.3 Å². The van der Waals surface area contributed by atoms with Gasteiger partial charge >= 0.3 is 0 Å². The average Bonchev–Trinajstić information content (AvgIpc) is 2.28. The maximum Gasteiger partial charge on any atom is 0.161 e. The molecule has 0 amide bonds. The summed E-state index contributed by atoms with van der Waals surface area (Å²) < 4.78 is 10.5. The number of aryl methyl sites for hydroxylation is 1. The second-order valence-electron chi connectivity index (χ2n) is 3.90. The van der Waals surface area contributed by atoms with Crippen LogP contribution in [0.4, 0.5) is 0 Å². The highest BCUT2D eigenvalue weighted by Gasteiger charge is 2.19. The number of methoxy groups -OCH3 is 2. The Hall–Kier alpha value is -1.22. The molecule has 2 rings (SSSR count). The molecule has 1 aromatic carbocycles. The van der Waals surface area contributed by atoms with Crippen LogP contribution in [-0.4, -0.2) is 14.2 Å². The van der Waals surface area contributed by atoms with Crippen molar-refractivity contribution >= 4 is 0 Å². The van der Waals surface area contributed by atoms with Crippen LogP contribution in [0.1, 0.15) is 30.0 Å². The van der Waals surface area contributed by atoms with Crippen molar-refractivity contribution in [2.24, 2.45) is 5.73 Å². The molecule has 1 atom stereocenters. The first-order valence-electron chi connectivity index (χ1n) is 5.26. The lowest BCUT2D eigenvalue weighted by Gasteiger charge is -2.23. The zero-order valence-electron chi connectivity index (χ0n) is 9.25. The van der Waals surface area contributed by atoms with E-state index in [4.69, 9.17) is 15.2 Å². The van der Waals surface area contributed by atoms with Crippen molar-refractivity contribution in [3.63, 3.8) is 0 Å². The molecule has 82 valence electrons. The number of fused-ring (bicyclic) bond motifs is 1. The summed E-state index contributed by atoms with van der Waals surface area (Å²) in [6.07, 6.45) is 3.30. The highest BCUT2D eigenvalue weighted by Crippen LogP contribution is 2.36. The molecule has 0 radical (unpaired) electrons. The zero-order valence-corrected chi connectivity index (χ0v) is 9.25. The summed E-state index contributed by atoms with van der Waals surface area (Å²) in [6.45, 7) is 0. The monoisotopic (exact) mass is 207 g/mol. The van der Waals surface area contributed by atoms with Crippen LogP contribution in [0.3, 0.4) is 0 Å². The van der Waals surface area contributed by atoms with Gasteiger partial charge in [0.2, 0.25) is 0 Å². The number of hydrogen-bond acceptors (Lipinski definition) is 3. The zero-order chi connectivity index (χ0) is 10.8. The third-order valence-corrected chi connectivity index (χ3v) is 3.01. The highest BCUT2D eigenvalue weighted by molar-refractivity contribution is 5.49. The molecule has 15 heavy (non-hydrogen) atoms. The first kappa shape index (κ1) is 10.3. The molecule has 0 aromatic heterocycles. The Morgan fingerprint density at radius 1 is 1.20 bits per heavy atom. The van der Waals surface area contributed by atoms with E-state index in [1.165, 1.54) is 11.1 Å². The van der Waals surface area contributed by atoms with Gasteiger partial charge < -0.3 is 15.2 Å². The SMILES string of the molecule is COc1cc2c(cc1OC)[C@@H](N)CCC2. The van der Waals surface area contributed by atoms with Gasteiger partial charge in [0.15, 0.2) is 11.5 Å². The molecule has 0 bridgehead atoms. The van der Waals surface area contributed by atoms with Crippen molar-refractivity contribution < 1.29 is 9.47 Å². The lowest BCUT2D eigenvalue weighted by atomic mass is 9.88. The van der Waals surface area contributed by atoms with Gasteiger partial charge in [0.25, 0.3) is 0 Å². The first-order chi connectivity index (χ1) is 7.26. The van der Waals surface area contributed by atoms with E-state index in [2.05, 4.69) is 0 Å². The van der Waals surface area contributed by atoms with Gasteiger partial charge in [0.1, 0.15) is 0 Å². The molecule has 0 saturated carbocycles. The number of ether oxygens (including phenoxy) is 2. The van der Waals surface area contributed by atoms with Crippen molar-refractivity contribution in [1.82, 2.24) is 0 Å². The fraction of sp³-hybridized carbons (Fsp3) is 0.500. The summed E-state index contributed by atoms with van der Waals surface area (Å²) in [7, 11) is 3.31. The number of benzene rings is 1. The molecule has 3 nitrogen and oxygen atoms in total. The molecule has 0 spiro atoms. The number of hydrogen-bond donors (Lipinski definition) is 1. The van der Waals surface area contributed by atoms with Gasteiger partial charge in [-0.1, -0.05) is 0 Å². The van der Waals surface area contributed by atoms with E-state index in [-0.39, 0.29) is 6.04 Å². The molecule has 1 aliphatic carbocycles. The Morgan fingerprint density at radius 3 is 2.53 bits per heavy atom. The molecule has 1 aliphatic rings. The number of rotatable bonds is 2. The smallest absolute Gasteiger partial charge is 0.161 e. The van der Waals surface area contributed by atoms with E-state index in [1.54, 1.807) is 14.2 Å². The maximum atomic E-state index is 6.07. The van der Waals surface area contributed by atoms with Gasteiger partial charge in [-0.05, 0) is 42.5 Å². The Kier molecular flexibility index (Phi) is 2.82. The molecular weight excluding hydrogens is 190 g/mol. The minimum absolute atomic E-state index is 0.147. The van der Waals surface area contributed by atoms with Crippen LogP contribution in [0.15, 0.2) is 12.1 Å². The third-order valence-electron chi connectivity index (χ3n) is 3.01. The van der Waals surface area contributed by atoms with Crippen molar-refractivity contribution in [3.8, 4) is 11.5 Å². The van der Waals surface area contributed by atoms with Gasteiger partial charge in [-0.25, -0.2) is 0 Å². The minimum atomic E-state index is 0.147. The fourth-order valence-electron chi connectivity index (χ4n) is 2.17.